The lowest BCUT2D eigenvalue weighted by atomic mass is 9.49. The Labute approximate surface area is 252 Å². The van der Waals surface area contributed by atoms with Gasteiger partial charge in [-0.15, -0.1) is 0 Å². The number of amides is 2. The number of fused-ring (bicyclic) bond motifs is 1. The highest BCUT2D eigenvalue weighted by Gasteiger charge is 2.51. The average Bonchev–Trinajstić information content (AvgIpc) is 2.88. The maximum Gasteiger partial charge on any atom is 0.407 e. The van der Waals surface area contributed by atoms with Crippen LogP contribution in [0.4, 0.5) is 10.5 Å². The van der Waals surface area contributed by atoms with Crippen molar-refractivity contribution >= 4 is 36.9 Å². The van der Waals surface area contributed by atoms with E-state index >= 15 is 0 Å². The zero-order chi connectivity index (χ0) is 30.3. The Balaban J connectivity index is 1.16. The van der Waals surface area contributed by atoms with Gasteiger partial charge in [-0.2, -0.15) is 0 Å². The summed E-state index contributed by atoms with van der Waals surface area (Å²) in [6, 6.07) is 9.74. The van der Waals surface area contributed by atoms with E-state index in [1.54, 1.807) is 0 Å². The van der Waals surface area contributed by atoms with E-state index in [1.807, 2.05) is 37.3 Å². The molecule has 7 nitrogen and oxygen atoms in total. The van der Waals surface area contributed by atoms with Crippen LogP contribution in [0.2, 0.25) is 18.1 Å². The quantitative estimate of drug-likeness (QED) is 0.257. The third-order valence-corrected chi connectivity index (χ3v) is 15.4. The molecule has 2 aromatic rings. The number of carbonyl (C=O) groups excluding carboxylic acids is 1. The largest absolute Gasteiger partial charge is 0.465 e. The van der Waals surface area contributed by atoms with Crippen LogP contribution in [0.5, 0.6) is 0 Å². The number of carbonyl (C=O) groups is 2. The molecule has 8 heteroatoms. The Morgan fingerprint density at radius 3 is 2.33 bits per heavy atom. The first-order chi connectivity index (χ1) is 19.7. The van der Waals surface area contributed by atoms with Gasteiger partial charge in [0.15, 0.2) is 8.32 Å². The van der Waals surface area contributed by atoms with E-state index in [2.05, 4.69) is 39.2 Å². The van der Waals surface area contributed by atoms with Crippen LogP contribution in [0.1, 0.15) is 84.8 Å². The van der Waals surface area contributed by atoms with Crippen molar-refractivity contribution < 1.29 is 19.1 Å². The molecular formula is C34H51N3O4Si. The first kappa shape index (κ1) is 31.0. The minimum atomic E-state index is -1.95. The van der Waals surface area contributed by atoms with Gasteiger partial charge in [0.1, 0.15) is 0 Å². The number of carboxylic acid groups (broad SMARTS) is 1. The van der Waals surface area contributed by atoms with Gasteiger partial charge in [0, 0.05) is 24.0 Å². The summed E-state index contributed by atoms with van der Waals surface area (Å²) in [4.78, 5) is 31.7. The maximum atomic E-state index is 13.3. The molecule has 1 aromatic carbocycles. The number of aromatic nitrogens is 1. The minimum Gasteiger partial charge on any atom is -0.465 e. The van der Waals surface area contributed by atoms with E-state index in [9.17, 15) is 14.7 Å². The Hall–Kier alpha value is -2.45. The molecular weight excluding hydrogens is 542 g/mol. The molecule has 1 heterocycles. The SMILES string of the molecule is C[C@H](CO[Si](C)(C)C(C)(C)C)N(CCCc1ccc2c(NC(=O)CC34CC5CC(CC(C5)C3)C4)cccc2n1)C(=O)O. The van der Waals surface area contributed by atoms with Crippen LogP contribution < -0.4 is 5.32 Å². The Morgan fingerprint density at radius 2 is 1.74 bits per heavy atom. The van der Waals surface area contributed by atoms with Gasteiger partial charge in [0.25, 0.3) is 0 Å². The van der Waals surface area contributed by atoms with Gasteiger partial charge >= 0.3 is 6.09 Å². The summed E-state index contributed by atoms with van der Waals surface area (Å²) >= 11 is 0. The summed E-state index contributed by atoms with van der Waals surface area (Å²) < 4.78 is 6.30. The number of nitrogens with zero attached hydrogens (tertiary/aromatic N) is 2. The number of hydrogen-bond donors (Lipinski definition) is 2. The molecule has 4 saturated carbocycles. The summed E-state index contributed by atoms with van der Waals surface area (Å²) in [5, 5.41) is 14.1. The van der Waals surface area contributed by atoms with Gasteiger partial charge in [-0.25, -0.2) is 4.79 Å². The van der Waals surface area contributed by atoms with Crippen LogP contribution in [0.3, 0.4) is 0 Å². The lowest BCUT2D eigenvalue weighted by Crippen LogP contribution is -2.47. The third-order valence-electron chi connectivity index (χ3n) is 10.9. The van der Waals surface area contributed by atoms with Gasteiger partial charge in [-0.05, 0) is 124 Å². The smallest absolute Gasteiger partial charge is 0.407 e. The Morgan fingerprint density at radius 1 is 1.10 bits per heavy atom. The molecule has 2 amide bonds. The Kier molecular flexibility index (Phi) is 8.79. The first-order valence-corrected chi connectivity index (χ1v) is 19.0. The van der Waals surface area contributed by atoms with Gasteiger partial charge in [0.2, 0.25) is 5.91 Å². The van der Waals surface area contributed by atoms with Crippen molar-refractivity contribution in [3.8, 4) is 0 Å². The van der Waals surface area contributed by atoms with Crippen LogP contribution in [-0.4, -0.2) is 54.5 Å². The number of rotatable bonds is 11. The summed E-state index contributed by atoms with van der Waals surface area (Å²) in [6.45, 7) is 13.7. The molecule has 1 aromatic heterocycles. The fourth-order valence-corrected chi connectivity index (χ4v) is 9.15. The minimum absolute atomic E-state index is 0.0830. The van der Waals surface area contributed by atoms with Crippen molar-refractivity contribution in [2.75, 3.05) is 18.5 Å². The molecule has 0 unspecified atom stereocenters. The number of benzene rings is 1. The average molecular weight is 594 g/mol. The second-order valence-corrected chi connectivity index (χ2v) is 20.1. The van der Waals surface area contributed by atoms with E-state index in [4.69, 9.17) is 9.41 Å². The second kappa shape index (κ2) is 11.9. The highest BCUT2D eigenvalue weighted by Crippen LogP contribution is 2.61. The standard InChI is InChI=1S/C34H51N3O4Si/c1-23(22-41-42(5,6)33(2,3)4)37(32(39)40)14-8-9-27-12-13-28-29(35-27)10-7-11-30(28)36-31(38)21-34-18-24-15-25(19-34)17-26(16-24)20-34/h7,10-13,23-26H,8-9,14-22H2,1-6H3,(H,36,38)(H,39,40)/t23-,24?,25?,26?,34?/m1/s1. The summed E-state index contributed by atoms with van der Waals surface area (Å²) in [5.41, 5.74) is 2.82. The van der Waals surface area contributed by atoms with Crippen molar-refractivity contribution in [2.24, 2.45) is 23.2 Å². The second-order valence-electron chi connectivity index (χ2n) is 15.3. The third kappa shape index (κ3) is 6.85. The summed E-state index contributed by atoms with van der Waals surface area (Å²) in [7, 11) is -1.95. The molecule has 4 bridgehead atoms. The van der Waals surface area contributed by atoms with Crippen molar-refractivity contribution in [2.45, 2.75) is 110 Å². The molecule has 42 heavy (non-hydrogen) atoms. The predicted octanol–water partition coefficient (Wildman–Crippen LogP) is 8.10. The molecule has 0 aliphatic heterocycles. The first-order valence-electron chi connectivity index (χ1n) is 16.1. The Bertz CT molecular complexity index is 1270. The molecule has 230 valence electrons. The van der Waals surface area contributed by atoms with Gasteiger partial charge < -0.3 is 19.7 Å². The molecule has 4 aliphatic carbocycles. The summed E-state index contributed by atoms with van der Waals surface area (Å²) in [6.07, 6.45) is 8.93. The maximum absolute atomic E-state index is 13.3. The number of aryl methyl sites for hydroxylation is 1. The topological polar surface area (TPSA) is 91.8 Å². The van der Waals surface area contributed by atoms with Gasteiger partial charge in [0.05, 0.1) is 23.9 Å². The molecule has 4 aliphatic rings. The van der Waals surface area contributed by atoms with Gasteiger partial charge in [-0.1, -0.05) is 26.8 Å². The van der Waals surface area contributed by atoms with Crippen molar-refractivity contribution in [3.05, 3.63) is 36.0 Å². The number of hydrogen-bond acceptors (Lipinski definition) is 4. The van der Waals surface area contributed by atoms with E-state index in [1.165, 1.54) is 43.4 Å². The van der Waals surface area contributed by atoms with E-state index in [-0.39, 0.29) is 22.4 Å². The van der Waals surface area contributed by atoms with Crippen molar-refractivity contribution in [3.63, 3.8) is 0 Å². The molecule has 0 saturated heterocycles. The van der Waals surface area contributed by atoms with Crippen LogP contribution in [0.25, 0.3) is 10.9 Å². The van der Waals surface area contributed by atoms with Crippen LogP contribution in [0, 0.1) is 23.2 Å². The molecule has 1 atom stereocenters. The van der Waals surface area contributed by atoms with Crippen molar-refractivity contribution in [1.29, 1.82) is 0 Å². The van der Waals surface area contributed by atoms with Crippen LogP contribution >= 0.6 is 0 Å². The normalized spacial score (nSPS) is 25.9. The zero-order valence-corrected chi connectivity index (χ0v) is 27.5. The highest BCUT2D eigenvalue weighted by molar-refractivity contribution is 6.74. The number of pyridine rings is 1. The monoisotopic (exact) mass is 593 g/mol. The fourth-order valence-electron chi connectivity index (χ4n) is 8.06. The highest BCUT2D eigenvalue weighted by atomic mass is 28.4. The molecule has 0 spiro atoms. The molecule has 0 radical (unpaired) electrons. The lowest BCUT2D eigenvalue weighted by molar-refractivity contribution is -0.124. The van der Waals surface area contributed by atoms with Crippen LogP contribution in [-0.2, 0) is 15.6 Å². The molecule has 6 rings (SSSR count). The number of anilines is 1. The van der Waals surface area contributed by atoms with E-state index in [0.717, 1.165) is 40.0 Å². The molecule has 2 N–H and O–H groups in total. The van der Waals surface area contributed by atoms with E-state index in [0.29, 0.717) is 32.4 Å². The van der Waals surface area contributed by atoms with Crippen LogP contribution in [0.15, 0.2) is 30.3 Å². The summed E-state index contributed by atoms with van der Waals surface area (Å²) in [5.74, 6) is 2.65. The van der Waals surface area contributed by atoms with Gasteiger partial charge in [-0.3, -0.25) is 9.78 Å². The number of nitrogens with one attached hydrogen (secondary N) is 1. The fraction of sp³-hybridized carbons (Fsp3) is 0.676. The zero-order valence-electron chi connectivity index (χ0n) is 26.5. The lowest BCUT2D eigenvalue weighted by Gasteiger charge is -2.56. The molecule has 4 fully saturated rings. The van der Waals surface area contributed by atoms with E-state index < -0.39 is 14.4 Å². The predicted molar refractivity (Wildman–Crippen MR) is 171 cm³/mol. The van der Waals surface area contributed by atoms with Crippen molar-refractivity contribution in [1.82, 2.24) is 9.88 Å².